The van der Waals surface area contributed by atoms with E-state index in [0.717, 1.165) is 22.3 Å². The molecule has 1 amide bonds. The van der Waals surface area contributed by atoms with Gasteiger partial charge in [-0.05, 0) is 17.7 Å². The van der Waals surface area contributed by atoms with Crippen LogP contribution in [0.2, 0.25) is 0 Å². The van der Waals surface area contributed by atoms with Gasteiger partial charge in [0.2, 0.25) is 5.91 Å². The van der Waals surface area contributed by atoms with Crippen molar-refractivity contribution in [3.05, 3.63) is 35.9 Å². The zero-order valence-corrected chi connectivity index (χ0v) is 11.9. The molecule has 0 aliphatic rings. The Morgan fingerprint density at radius 3 is 2.80 bits per heavy atom. The minimum absolute atomic E-state index is 0.0280. The van der Waals surface area contributed by atoms with Crippen LogP contribution in [0.25, 0.3) is 10.9 Å². The van der Waals surface area contributed by atoms with Gasteiger partial charge in [-0.3, -0.25) is 4.79 Å². The zero-order chi connectivity index (χ0) is 14.5. The molecule has 5 nitrogen and oxygen atoms in total. The number of para-hydroxylation sites is 1. The van der Waals surface area contributed by atoms with Crippen molar-refractivity contribution in [3.63, 3.8) is 0 Å². The SMILES string of the molecule is CN(C)c1cc(CNC(=O)CCN)c2ccccc2n1. The molecule has 3 N–H and O–H groups in total. The average Bonchev–Trinajstić information content (AvgIpc) is 2.44. The summed E-state index contributed by atoms with van der Waals surface area (Å²) in [6, 6.07) is 9.95. The number of nitrogens with two attached hydrogens (primary N) is 1. The van der Waals surface area contributed by atoms with Crippen LogP contribution in [-0.4, -0.2) is 31.5 Å². The number of carbonyl (C=O) groups excluding carboxylic acids is 1. The molecule has 1 aromatic carbocycles. The maximum absolute atomic E-state index is 11.6. The highest BCUT2D eigenvalue weighted by Crippen LogP contribution is 2.21. The van der Waals surface area contributed by atoms with E-state index in [2.05, 4.69) is 10.3 Å². The monoisotopic (exact) mass is 272 g/mol. The Bertz CT molecular complexity index is 610. The van der Waals surface area contributed by atoms with Crippen molar-refractivity contribution in [3.8, 4) is 0 Å². The highest BCUT2D eigenvalue weighted by atomic mass is 16.1. The third-order valence-electron chi connectivity index (χ3n) is 3.09. The Hall–Kier alpha value is -2.14. The normalized spacial score (nSPS) is 10.6. The first kappa shape index (κ1) is 14.3. The lowest BCUT2D eigenvalue weighted by Gasteiger charge is -2.15. The van der Waals surface area contributed by atoms with E-state index in [-0.39, 0.29) is 5.91 Å². The number of fused-ring (bicyclic) bond motifs is 1. The lowest BCUT2D eigenvalue weighted by Crippen LogP contribution is -2.25. The lowest BCUT2D eigenvalue weighted by atomic mass is 10.1. The maximum Gasteiger partial charge on any atom is 0.221 e. The van der Waals surface area contributed by atoms with Gasteiger partial charge in [-0.25, -0.2) is 4.98 Å². The summed E-state index contributed by atoms with van der Waals surface area (Å²) in [5.74, 6) is 0.853. The fraction of sp³-hybridized carbons (Fsp3) is 0.333. The fourth-order valence-corrected chi connectivity index (χ4v) is 2.02. The van der Waals surface area contributed by atoms with Crippen molar-refractivity contribution in [2.45, 2.75) is 13.0 Å². The van der Waals surface area contributed by atoms with Gasteiger partial charge in [-0.1, -0.05) is 18.2 Å². The number of hydrogen-bond acceptors (Lipinski definition) is 4. The number of pyridine rings is 1. The molecule has 0 fully saturated rings. The van der Waals surface area contributed by atoms with Gasteiger partial charge >= 0.3 is 0 Å². The summed E-state index contributed by atoms with van der Waals surface area (Å²) in [6.45, 7) is 0.856. The van der Waals surface area contributed by atoms with E-state index < -0.39 is 0 Å². The molecule has 20 heavy (non-hydrogen) atoms. The van der Waals surface area contributed by atoms with Crippen molar-refractivity contribution in [1.82, 2.24) is 10.3 Å². The molecule has 106 valence electrons. The second kappa shape index (κ2) is 6.34. The first-order valence-electron chi connectivity index (χ1n) is 6.64. The first-order chi connectivity index (χ1) is 9.61. The molecule has 0 spiro atoms. The van der Waals surface area contributed by atoms with Gasteiger partial charge in [0.1, 0.15) is 5.82 Å². The number of amides is 1. The van der Waals surface area contributed by atoms with E-state index in [0.29, 0.717) is 19.5 Å². The molecule has 0 bridgehead atoms. The van der Waals surface area contributed by atoms with Gasteiger partial charge < -0.3 is 16.0 Å². The molecule has 0 saturated carbocycles. The molecule has 0 atom stereocenters. The van der Waals surface area contributed by atoms with E-state index in [1.54, 1.807) is 0 Å². The third kappa shape index (κ3) is 3.24. The van der Waals surface area contributed by atoms with Gasteiger partial charge in [0.25, 0.3) is 0 Å². The summed E-state index contributed by atoms with van der Waals surface area (Å²) >= 11 is 0. The molecule has 0 aliphatic heterocycles. The van der Waals surface area contributed by atoms with Gasteiger partial charge in [0, 0.05) is 39.0 Å². The van der Waals surface area contributed by atoms with Crippen molar-refractivity contribution in [2.75, 3.05) is 25.5 Å². The molecule has 2 rings (SSSR count). The average molecular weight is 272 g/mol. The number of anilines is 1. The van der Waals surface area contributed by atoms with Gasteiger partial charge in [-0.15, -0.1) is 0 Å². The van der Waals surface area contributed by atoms with Crippen molar-refractivity contribution < 1.29 is 4.79 Å². The number of carbonyl (C=O) groups is 1. The number of hydrogen-bond donors (Lipinski definition) is 2. The highest BCUT2D eigenvalue weighted by molar-refractivity contribution is 5.85. The quantitative estimate of drug-likeness (QED) is 0.859. The molecular weight excluding hydrogens is 252 g/mol. The van der Waals surface area contributed by atoms with Crippen LogP contribution in [-0.2, 0) is 11.3 Å². The Morgan fingerprint density at radius 2 is 2.10 bits per heavy atom. The summed E-state index contributed by atoms with van der Waals surface area (Å²) in [7, 11) is 3.90. The van der Waals surface area contributed by atoms with Crippen LogP contribution in [0.1, 0.15) is 12.0 Å². The maximum atomic E-state index is 11.6. The highest BCUT2D eigenvalue weighted by Gasteiger charge is 2.08. The Labute approximate surface area is 118 Å². The zero-order valence-electron chi connectivity index (χ0n) is 11.9. The molecule has 2 aromatic rings. The molecular formula is C15H20N4O. The first-order valence-corrected chi connectivity index (χ1v) is 6.64. The van der Waals surface area contributed by atoms with Gasteiger partial charge in [-0.2, -0.15) is 0 Å². The fourth-order valence-electron chi connectivity index (χ4n) is 2.02. The number of aromatic nitrogens is 1. The number of rotatable bonds is 5. The molecule has 0 aliphatic carbocycles. The summed E-state index contributed by atoms with van der Waals surface area (Å²) < 4.78 is 0. The van der Waals surface area contributed by atoms with E-state index in [4.69, 9.17) is 5.73 Å². The van der Waals surface area contributed by atoms with Crippen LogP contribution < -0.4 is 16.0 Å². The molecule has 1 heterocycles. The lowest BCUT2D eigenvalue weighted by molar-refractivity contribution is -0.121. The third-order valence-corrected chi connectivity index (χ3v) is 3.09. The largest absolute Gasteiger partial charge is 0.363 e. The summed E-state index contributed by atoms with van der Waals surface area (Å²) in [4.78, 5) is 18.1. The standard InChI is InChI=1S/C15H20N4O/c1-19(2)14-9-11(10-17-15(20)7-8-16)12-5-3-4-6-13(12)18-14/h3-6,9H,7-8,10,16H2,1-2H3,(H,17,20). The van der Waals surface area contributed by atoms with Crippen LogP contribution in [0.4, 0.5) is 5.82 Å². The Kier molecular flexibility index (Phi) is 4.53. The Balaban J connectivity index is 2.32. The smallest absolute Gasteiger partial charge is 0.221 e. The molecule has 0 saturated heterocycles. The number of benzene rings is 1. The van der Waals surface area contributed by atoms with Gasteiger partial charge in [0.05, 0.1) is 5.52 Å². The van der Waals surface area contributed by atoms with Gasteiger partial charge in [0.15, 0.2) is 0 Å². The second-order valence-electron chi connectivity index (χ2n) is 4.87. The molecule has 1 aromatic heterocycles. The molecule has 5 heteroatoms. The van der Waals surface area contributed by atoms with E-state index in [1.807, 2.05) is 49.3 Å². The summed E-state index contributed by atoms with van der Waals surface area (Å²) in [5.41, 5.74) is 7.37. The van der Waals surface area contributed by atoms with Crippen molar-refractivity contribution in [2.24, 2.45) is 5.73 Å². The van der Waals surface area contributed by atoms with Crippen LogP contribution in [0.5, 0.6) is 0 Å². The molecule has 0 unspecified atom stereocenters. The topological polar surface area (TPSA) is 71.2 Å². The number of nitrogens with zero attached hydrogens (tertiary/aromatic N) is 2. The van der Waals surface area contributed by atoms with E-state index in [1.165, 1.54) is 0 Å². The minimum atomic E-state index is -0.0280. The van der Waals surface area contributed by atoms with E-state index in [9.17, 15) is 4.79 Å². The summed E-state index contributed by atoms with van der Waals surface area (Å²) in [6.07, 6.45) is 0.351. The predicted molar refractivity (Wildman–Crippen MR) is 81.6 cm³/mol. The van der Waals surface area contributed by atoms with Crippen LogP contribution in [0, 0.1) is 0 Å². The van der Waals surface area contributed by atoms with Crippen LogP contribution in [0.3, 0.4) is 0 Å². The summed E-state index contributed by atoms with van der Waals surface area (Å²) in [5, 5.41) is 3.95. The van der Waals surface area contributed by atoms with Crippen LogP contribution >= 0.6 is 0 Å². The molecule has 0 radical (unpaired) electrons. The predicted octanol–water partition coefficient (Wildman–Crippen LogP) is 1.27. The van der Waals surface area contributed by atoms with E-state index >= 15 is 0 Å². The van der Waals surface area contributed by atoms with Crippen molar-refractivity contribution >= 4 is 22.6 Å². The Morgan fingerprint density at radius 1 is 1.35 bits per heavy atom. The van der Waals surface area contributed by atoms with Crippen molar-refractivity contribution in [1.29, 1.82) is 0 Å². The minimum Gasteiger partial charge on any atom is -0.363 e. The second-order valence-corrected chi connectivity index (χ2v) is 4.87. The van der Waals surface area contributed by atoms with Crippen LogP contribution in [0.15, 0.2) is 30.3 Å². The number of nitrogens with one attached hydrogen (secondary N) is 1.